The maximum Gasteiger partial charge on any atom is 0.131 e. The maximum absolute atomic E-state index is 13.5. The van der Waals surface area contributed by atoms with Crippen LogP contribution in [-0.4, -0.2) is 0 Å². The van der Waals surface area contributed by atoms with Crippen LogP contribution in [0.3, 0.4) is 0 Å². The van der Waals surface area contributed by atoms with E-state index in [2.05, 4.69) is 0 Å². The third-order valence-corrected chi connectivity index (χ3v) is 2.47. The molecule has 16 heavy (non-hydrogen) atoms. The van der Waals surface area contributed by atoms with Gasteiger partial charge in [0.05, 0.1) is 0 Å². The molecule has 0 saturated carbocycles. The average Bonchev–Trinajstić information content (AvgIpc) is 2.26. The second-order valence-electron chi connectivity index (χ2n) is 3.70. The van der Waals surface area contributed by atoms with Crippen molar-refractivity contribution in [2.24, 2.45) is 0 Å². The summed E-state index contributed by atoms with van der Waals surface area (Å²) in [5.74, 6) is -0.753. The molecule has 0 bridgehead atoms. The molecule has 82 valence electrons. The van der Waals surface area contributed by atoms with Gasteiger partial charge in [0.1, 0.15) is 11.6 Å². The van der Waals surface area contributed by atoms with Crippen molar-refractivity contribution in [3.8, 4) is 11.1 Å². The minimum absolute atomic E-state index is 0.318. The molecule has 2 aromatic carbocycles. The maximum atomic E-state index is 13.5. The van der Waals surface area contributed by atoms with Gasteiger partial charge >= 0.3 is 0 Å². The molecule has 2 rings (SSSR count). The quantitative estimate of drug-likeness (QED) is 0.729. The Kier molecular flexibility index (Phi) is 2.60. The number of nitrogen functional groups attached to an aromatic ring is 1. The van der Waals surface area contributed by atoms with E-state index in [4.69, 9.17) is 5.73 Å². The zero-order valence-corrected chi connectivity index (χ0v) is 8.80. The number of nitrogens with two attached hydrogens (primary N) is 1. The highest BCUT2D eigenvalue weighted by atomic mass is 19.1. The molecule has 0 aliphatic heterocycles. The van der Waals surface area contributed by atoms with Crippen LogP contribution in [0.25, 0.3) is 11.1 Å². The summed E-state index contributed by atoms with van der Waals surface area (Å²) >= 11 is 0. The van der Waals surface area contributed by atoms with Crippen LogP contribution in [0.5, 0.6) is 0 Å². The summed E-state index contributed by atoms with van der Waals surface area (Å²) in [7, 11) is 0. The zero-order valence-electron chi connectivity index (χ0n) is 8.80. The van der Waals surface area contributed by atoms with Crippen LogP contribution in [0.1, 0.15) is 5.56 Å². The molecular weight excluding hydrogens is 208 g/mol. The van der Waals surface area contributed by atoms with Crippen LogP contribution in [-0.2, 0) is 0 Å². The summed E-state index contributed by atoms with van der Waals surface area (Å²) in [6.07, 6.45) is 0. The van der Waals surface area contributed by atoms with Crippen LogP contribution >= 0.6 is 0 Å². The first kappa shape index (κ1) is 10.6. The molecule has 0 atom stereocenters. The number of benzene rings is 2. The molecule has 0 saturated heterocycles. The highest BCUT2D eigenvalue weighted by molar-refractivity contribution is 5.68. The van der Waals surface area contributed by atoms with Gasteiger partial charge in [-0.1, -0.05) is 12.1 Å². The highest BCUT2D eigenvalue weighted by Gasteiger charge is 2.07. The molecule has 2 N–H and O–H groups in total. The van der Waals surface area contributed by atoms with Crippen LogP contribution in [0, 0.1) is 18.6 Å². The predicted octanol–water partition coefficient (Wildman–Crippen LogP) is 3.52. The van der Waals surface area contributed by atoms with Gasteiger partial charge in [0, 0.05) is 11.3 Å². The number of hydrogen-bond donors (Lipinski definition) is 1. The molecule has 0 fully saturated rings. The first-order valence-electron chi connectivity index (χ1n) is 4.89. The molecule has 0 spiro atoms. The Labute approximate surface area is 92.5 Å². The topological polar surface area (TPSA) is 26.0 Å². The van der Waals surface area contributed by atoms with Gasteiger partial charge in [-0.3, -0.25) is 0 Å². The van der Waals surface area contributed by atoms with Crippen molar-refractivity contribution >= 4 is 5.69 Å². The van der Waals surface area contributed by atoms with E-state index in [0.29, 0.717) is 22.4 Å². The Morgan fingerprint density at radius 2 is 1.69 bits per heavy atom. The van der Waals surface area contributed by atoms with E-state index < -0.39 is 5.82 Å². The second kappa shape index (κ2) is 3.93. The number of hydrogen-bond acceptors (Lipinski definition) is 1. The smallest absolute Gasteiger partial charge is 0.131 e. The third kappa shape index (κ3) is 1.89. The number of anilines is 1. The molecule has 0 unspecified atom stereocenters. The lowest BCUT2D eigenvalue weighted by Gasteiger charge is -2.06. The standard InChI is InChI=1S/C13H11F2N/c1-8-2-3-9(6-13(8)15)11-7-10(16)4-5-12(11)14/h2-7H,16H2,1H3. The van der Waals surface area contributed by atoms with Crippen molar-refractivity contribution in [3.05, 3.63) is 53.6 Å². The van der Waals surface area contributed by atoms with E-state index in [-0.39, 0.29) is 5.82 Å². The van der Waals surface area contributed by atoms with Crippen molar-refractivity contribution in [1.82, 2.24) is 0 Å². The molecule has 0 radical (unpaired) electrons. The fourth-order valence-electron chi connectivity index (χ4n) is 1.52. The van der Waals surface area contributed by atoms with Crippen molar-refractivity contribution in [2.75, 3.05) is 5.73 Å². The molecule has 2 aromatic rings. The van der Waals surface area contributed by atoms with Gasteiger partial charge in [0.2, 0.25) is 0 Å². The summed E-state index contributed by atoms with van der Waals surface area (Å²) < 4.78 is 26.9. The molecule has 0 aliphatic carbocycles. The van der Waals surface area contributed by atoms with Crippen molar-refractivity contribution in [2.45, 2.75) is 6.92 Å². The van der Waals surface area contributed by atoms with Crippen LogP contribution in [0.4, 0.5) is 14.5 Å². The Bertz CT molecular complexity index is 535. The fourth-order valence-corrected chi connectivity index (χ4v) is 1.52. The second-order valence-corrected chi connectivity index (χ2v) is 3.70. The summed E-state index contributed by atoms with van der Waals surface area (Å²) in [4.78, 5) is 0. The van der Waals surface area contributed by atoms with E-state index in [9.17, 15) is 8.78 Å². The first-order chi connectivity index (χ1) is 7.58. The lowest BCUT2D eigenvalue weighted by molar-refractivity contribution is 0.617. The first-order valence-corrected chi connectivity index (χ1v) is 4.89. The van der Waals surface area contributed by atoms with Gasteiger partial charge in [-0.05, 0) is 42.3 Å². The third-order valence-electron chi connectivity index (χ3n) is 2.47. The van der Waals surface area contributed by atoms with Crippen molar-refractivity contribution < 1.29 is 8.78 Å². The lowest BCUT2D eigenvalue weighted by Crippen LogP contribution is -1.91. The highest BCUT2D eigenvalue weighted by Crippen LogP contribution is 2.26. The molecule has 0 aromatic heterocycles. The van der Waals surface area contributed by atoms with E-state index in [1.807, 2.05) is 0 Å². The van der Waals surface area contributed by atoms with Crippen molar-refractivity contribution in [1.29, 1.82) is 0 Å². The summed E-state index contributed by atoms with van der Waals surface area (Å²) in [6, 6.07) is 8.86. The minimum atomic E-state index is -0.405. The predicted molar refractivity (Wildman–Crippen MR) is 60.9 cm³/mol. The minimum Gasteiger partial charge on any atom is -0.399 e. The van der Waals surface area contributed by atoms with Gasteiger partial charge < -0.3 is 5.73 Å². The molecule has 3 heteroatoms. The largest absolute Gasteiger partial charge is 0.399 e. The lowest BCUT2D eigenvalue weighted by atomic mass is 10.0. The summed E-state index contributed by atoms with van der Waals surface area (Å²) in [5, 5.41) is 0. The Hall–Kier alpha value is -1.90. The SMILES string of the molecule is Cc1ccc(-c2cc(N)ccc2F)cc1F. The summed E-state index contributed by atoms with van der Waals surface area (Å²) in [6.45, 7) is 1.66. The average molecular weight is 219 g/mol. The molecule has 0 amide bonds. The molecular formula is C13H11F2N. The van der Waals surface area contributed by atoms with Gasteiger partial charge in [-0.25, -0.2) is 8.78 Å². The monoisotopic (exact) mass is 219 g/mol. The van der Waals surface area contributed by atoms with Crippen LogP contribution in [0.15, 0.2) is 36.4 Å². The van der Waals surface area contributed by atoms with Crippen molar-refractivity contribution in [3.63, 3.8) is 0 Å². The zero-order chi connectivity index (χ0) is 11.7. The van der Waals surface area contributed by atoms with Gasteiger partial charge in [0.15, 0.2) is 0 Å². The molecule has 1 nitrogen and oxygen atoms in total. The Morgan fingerprint density at radius 3 is 2.38 bits per heavy atom. The van der Waals surface area contributed by atoms with E-state index >= 15 is 0 Å². The number of rotatable bonds is 1. The normalized spacial score (nSPS) is 10.4. The van der Waals surface area contributed by atoms with E-state index in [0.717, 1.165) is 0 Å². The Morgan fingerprint density at radius 1 is 0.938 bits per heavy atom. The van der Waals surface area contributed by atoms with Crippen LogP contribution in [0.2, 0.25) is 0 Å². The summed E-state index contributed by atoms with van der Waals surface area (Å²) in [5.41, 5.74) is 7.38. The Balaban J connectivity index is 2.58. The van der Waals surface area contributed by atoms with Gasteiger partial charge in [-0.15, -0.1) is 0 Å². The number of aryl methyl sites for hydroxylation is 1. The molecule has 0 aliphatic rings. The fraction of sp³-hybridized carbons (Fsp3) is 0.0769. The van der Waals surface area contributed by atoms with Gasteiger partial charge in [0.25, 0.3) is 0 Å². The number of halogens is 2. The van der Waals surface area contributed by atoms with E-state index in [1.165, 1.54) is 24.3 Å². The van der Waals surface area contributed by atoms with Crippen LogP contribution < -0.4 is 5.73 Å². The van der Waals surface area contributed by atoms with E-state index in [1.54, 1.807) is 19.1 Å². The molecule has 0 heterocycles. The van der Waals surface area contributed by atoms with Gasteiger partial charge in [-0.2, -0.15) is 0 Å².